The van der Waals surface area contributed by atoms with Crippen molar-refractivity contribution in [2.24, 2.45) is 11.5 Å². The molecular weight excluding hydrogens is 200 g/mol. The second-order valence-corrected chi connectivity index (χ2v) is 4.62. The molecule has 4 nitrogen and oxygen atoms in total. The minimum absolute atomic E-state index is 0.228. The Morgan fingerprint density at radius 2 is 1.62 bits per heavy atom. The minimum atomic E-state index is 0.228. The first kappa shape index (κ1) is 15.8. The van der Waals surface area contributed by atoms with Crippen molar-refractivity contribution >= 4 is 0 Å². The molecule has 98 valence electrons. The molecule has 16 heavy (non-hydrogen) atoms. The number of nitrogens with zero attached hydrogens (tertiary/aromatic N) is 2. The first-order valence-electron chi connectivity index (χ1n) is 6.41. The lowest BCUT2D eigenvalue weighted by Crippen LogP contribution is -2.49. The molecular formula is C12H30N4. The second-order valence-electron chi connectivity index (χ2n) is 4.62. The van der Waals surface area contributed by atoms with Crippen molar-refractivity contribution in [2.75, 3.05) is 40.3 Å². The van der Waals surface area contributed by atoms with Crippen LogP contribution in [0, 0.1) is 0 Å². The van der Waals surface area contributed by atoms with Crippen LogP contribution in [0.1, 0.15) is 26.7 Å². The lowest BCUT2D eigenvalue weighted by Gasteiger charge is -2.34. The molecule has 0 radical (unpaired) electrons. The molecule has 4 heteroatoms. The highest BCUT2D eigenvalue weighted by Crippen LogP contribution is 2.10. The highest BCUT2D eigenvalue weighted by Gasteiger charge is 2.21. The van der Waals surface area contributed by atoms with Crippen LogP contribution < -0.4 is 11.5 Å². The Kier molecular flexibility index (Phi) is 8.84. The Bertz CT molecular complexity index is 157. The Labute approximate surface area is 101 Å². The average molecular weight is 230 g/mol. The molecule has 0 fully saturated rings. The molecule has 2 unspecified atom stereocenters. The van der Waals surface area contributed by atoms with E-state index in [0.717, 1.165) is 39.0 Å². The summed E-state index contributed by atoms with van der Waals surface area (Å²) in [5, 5.41) is 0. The standard InChI is InChI=1S/C12H30N4/c1-5-16(6-2)12(7-9-13)11(14)8-10-15(3)4/h11-12H,5-10,13-14H2,1-4H3. The van der Waals surface area contributed by atoms with Crippen molar-refractivity contribution in [3.8, 4) is 0 Å². The van der Waals surface area contributed by atoms with Crippen molar-refractivity contribution in [1.29, 1.82) is 0 Å². The molecule has 0 rings (SSSR count). The average Bonchev–Trinajstić information content (AvgIpc) is 2.26. The maximum absolute atomic E-state index is 6.28. The first-order chi connectivity index (χ1) is 7.56. The predicted molar refractivity (Wildman–Crippen MR) is 71.5 cm³/mol. The fourth-order valence-corrected chi connectivity index (χ4v) is 2.13. The molecule has 0 bridgehead atoms. The third-order valence-electron chi connectivity index (χ3n) is 3.15. The van der Waals surface area contributed by atoms with Crippen LogP contribution in [-0.2, 0) is 0 Å². The zero-order valence-corrected chi connectivity index (χ0v) is 11.4. The normalized spacial score (nSPS) is 15.8. The smallest absolute Gasteiger partial charge is 0.0259 e. The summed E-state index contributed by atoms with van der Waals surface area (Å²) in [6, 6.07) is 0.658. The molecule has 0 aliphatic heterocycles. The van der Waals surface area contributed by atoms with Crippen LogP contribution in [-0.4, -0.2) is 62.2 Å². The van der Waals surface area contributed by atoms with Crippen LogP contribution >= 0.6 is 0 Å². The van der Waals surface area contributed by atoms with Crippen LogP contribution in [0.5, 0.6) is 0 Å². The lowest BCUT2D eigenvalue weighted by molar-refractivity contribution is 0.170. The number of nitrogens with two attached hydrogens (primary N) is 2. The topological polar surface area (TPSA) is 58.5 Å². The van der Waals surface area contributed by atoms with E-state index >= 15 is 0 Å². The zero-order valence-electron chi connectivity index (χ0n) is 11.4. The molecule has 0 aliphatic rings. The molecule has 0 saturated heterocycles. The van der Waals surface area contributed by atoms with Crippen molar-refractivity contribution in [3.63, 3.8) is 0 Å². The molecule has 0 spiro atoms. The monoisotopic (exact) mass is 230 g/mol. The molecule has 0 amide bonds. The molecule has 0 aromatic heterocycles. The van der Waals surface area contributed by atoms with E-state index in [1.165, 1.54) is 0 Å². The van der Waals surface area contributed by atoms with Gasteiger partial charge < -0.3 is 16.4 Å². The molecule has 0 aliphatic carbocycles. The highest BCUT2D eigenvalue weighted by molar-refractivity contribution is 4.82. The van der Waals surface area contributed by atoms with Crippen molar-refractivity contribution in [3.05, 3.63) is 0 Å². The van der Waals surface area contributed by atoms with Gasteiger partial charge in [-0.05, 0) is 53.1 Å². The van der Waals surface area contributed by atoms with Gasteiger partial charge in [0.25, 0.3) is 0 Å². The summed E-state index contributed by atoms with van der Waals surface area (Å²) >= 11 is 0. The van der Waals surface area contributed by atoms with Gasteiger partial charge in [-0.25, -0.2) is 0 Å². The van der Waals surface area contributed by atoms with Crippen LogP contribution in [0.4, 0.5) is 0 Å². The van der Waals surface area contributed by atoms with Crippen LogP contribution in [0.25, 0.3) is 0 Å². The minimum Gasteiger partial charge on any atom is -0.330 e. The van der Waals surface area contributed by atoms with Gasteiger partial charge in [-0.3, -0.25) is 4.90 Å². The first-order valence-corrected chi connectivity index (χ1v) is 6.41. The maximum atomic E-state index is 6.28. The largest absolute Gasteiger partial charge is 0.330 e. The second kappa shape index (κ2) is 8.93. The fourth-order valence-electron chi connectivity index (χ4n) is 2.13. The summed E-state index contributed by atoms with van der Waals surface area (Å²) in [5.41, 5.74) is 12.0. The van der Waals surface area contributed by atoms with Gasteiger partial charge in [-0.1, -0.05) is 13.8 Å². The molecule has 0 heterocycles. The van der Waals surface area contributed by atoms with E-state index in [1.54, 1.807) is 0 Å². The van der Waals surface area contributed by atoms with Gasteiger partial charge >= 0.3 is 0 Å². The summed E-state index contributed by atoms with van der Waals surface area (Å²) < 4.78 is 0. The predicted octanol–water partition coefficient (Wildman–Crippen LogP) is 0.325. The Hall–Kier alpha value is -0.160. The van der Waals surface area contributed by atoms with Gasteiger partial charge in [0.05, 0.1) is 0 Å². The third kappa shape index (κ3) is 5.80. The Balaban J connectivity index is 4.26. The van der Waals surface area contributed by atoms with Gasteiger partial charge in [-0.15, -0.1) is 0 Å². The Morgan fingerprint density at radius 3 is 2.00 bits per heavy atom. The van der Waals surface area contributed by atoms with E-state index in [0.29, 0.717) is 6.04 Å². The molecule has 2 atom stereocenters. The highest BCUT2D eigenvalue weighted by atomic mass is 15.2. The van der Waals surface area contributed by atoms with Crippen LogP contribution in [0.2, 0.25) is 0 Å². The lowest BCUT2D eigenvalue weighted by atomic mass is 10.0. The van der Waals surface area contributed by atoms with E-state index in [9.17, 15) is 0 Å². The Morgan fingerprint density at radius 1 is 1.06 bits per heavy atom. The number of rotatable bonds is 9. The van der Waals surface area contributed by atoms with Crippen molar-refractivity contribution in [1.82, 2.24) is 9.80 Å². The molecule has 0 aromatic carbocycles. The van der Waals surface area contributed by atoms with Gasteiger partial charge in [0.1, 0.15) is 0 Å². The van der Waals surface area contributed by atoms with Crippen LogP contribution in [0.15, 0.2) is 0 Å². The van der Waals surface area contributed by atoms with E-state index < -0.39 is 0 Å². The SMILES string of the molecule is CCN(CC)C(CCN)C(N)CCN(C)C. The van der Waals surface area contributed by atoms with E-state index in [-0.39, 0.29) is 6.04 Å². The maximum Gasteiger partial charge on any atom is 0.0259 e. The van der Waals surface area contributed by atoms with Gasteiger partial charge in [0.2, 0.25) is 0 Å². The van der Waals surface area contributed by atoms with Gasteiger partial charge in [0, 0.05) is 12.1 Å². The van der Waals surface area contributed by atoms with Gasteiger partial charge in [0.15, 0.2) is 0 Å². The van der Waals surface area contributed by atoms with Gasteiger partial charge in [-0.2, -0.15) is 0 Å². The quantitative estimate of drug-likeness (QED) is 0.599. The van der Waals surface area contributed by atoms with E-state index in [1.807, 2.05) is 0 Å². The summed E-state index contributed by atoms with van der Waals surface area (Å²) in [6.45, 7) is 8.24. The summed E-state index contributed by atoms with van der Waals surface area (Å²) in [5.74, 6) is 0. The zero-order chi connectivity index (χ0) is 12.6. The summed E-state index contributed by atoms with van der Waals surface area (Å²) in [4.78, 5) is 4.61. The number of hydrogen-bond acceptors (Lipinski definition) is 4. The van der Waals surface area contributed by atoms with E-state index in [4.69, 9.17) is 11.5 Å². The van der Waals surface area contributed by atoms with Crippen molar-refractivity contribution < 1.29 is 0 Å². The molecule has 4 N–H and O–H groups in total. The van der Waals surface area contributed by atoms with E-state index in [2.05, 4.69) is 37.7 Å². The fraction of sp³-hybridized carbons (Fsp3) is 1.00. The van der Waals surface area contributed by atoms with Crippen LogP contribution in [0.3, 0.4) is 0 Å². The summed E-state index contributed by atoms with van der Waals surface area (Å²) in [6.07, 6.45) is 2.03. The third-order valence-corrected chi connectivity index (χ3v) is 3.15. The number of hydrogen-bond donors (Lipinski definition) is 2. The summed E-state index contributed by atoms with van der Waals surface area (Å²) in [7, 11) is 4.17. The molecule has 0 aromatic rings. The number of likely N-dealkylation sites (N-methyl/N-ethyl adjacent to an activating group) is 1. The molecule has 0 saturated carbocycles. The van der Waals surface area contributed by atoms with Crippen molar-refractivity contribution in [2.45, 2.75) is 38.8 Å².